The molecule has 0 fully saturated rings. The molecule has 1 unspecified atom stereocenters. The Labute approximate surface area is 133 Å². The van der Waals surface area contributed by atoms with E-state index in [4.69, 9.17) is 11.6 Å². The van der Waals surface area contributed by atoms with Gasteiger partial charge in [-0.2, -0.15) is 0 Å². The lowest BCUT2D eigenvalue weighted by Gasteiger charge is -2.08. The Morgan fingerprint density at radius 3 is 2.41 bits per heavy atom. The van der Waals surface area contributed by atoms with Crippen molar-refractivity contribution < 1.29 is 4.39 Å². The van der Waals surface area contributed by atoms with E-state index in [-0.39, 0.29) is 10.6 Å². The molecule has 0 nitrogen and oxygen atoms in total. The first kappa shape index (κ1) is 14.0. The lowest BCUT2D eigenvalue weighted by Crippen LogP contribution is -1.90. The number of thiophene rings is 1. The SMILES string of the molecule is Fc1ccc(C(Br)c2cc(Br)c(Cl)s2)cc1Br. The van der Waals surface area contributed by atoms with Gasteiger partial charge >= 0.3 is 0 Å². The third kappa shape index (κ3) is 3.13. The van der Waals surface area contributed by atoms with Gasteiger partial charge in [-0.25, -0.2) is 4.39 Å². The van der Waals surface area contributed by atoms with Crippen LogP contribution in [0.2, 0.25) is 4.34 Å². The second kappa shape index (κ2) is 5.70. The summed E-state index contributed by atoms with van der Waals surface area (Å²) in [4.78, 5) is 1.08. The van der Waals surface area contributed by atoms with Crippen LogP contribution in [0.25, 0.3) is 0 Å². The minimum atomic E-state index is -0.265. The summed E-state index contributed by atoms with van der Waals surface area (Å²) < 4.78 is 15.2. The van der Waals surface area contributed by atoms with Crippen molar-refractivity contribution in [3.05, 3.63) is 53.8 Å². The zero-order valence-corrected chi connectivity index (χ0v) is 14.5. The second-order valence-corrected chi connectivity index (χ2v) is 7.62. The Balaban J connectivity index is 2.36. The van der Waals surface area contributed by atoms with Crippen LogP contribution in [0.1, 0.15) is 15.3 Å². The molecule has 1 heterocycles. The molecule has 0 aliphatic heterocycles. The van der Waals surface area contributed by atoms with Crippen LogP contribution in [0.3, 0.4) is 0 Å². The molecular weight excluding hydrogens is 458 g/mol. The number of hydrogen-bond acceptors (Lipinski definition) is 1. The van der Waals surface area contributed by atoms with Crippen LogP contribution in [0.5, 0.6) is 0 Å². The Bertz CT molecular complexity index is 536. The number of benzene rings is 1. The molecule has 6 heteroatoms. The maximum absolute atomic E-state index is 13.1. The lowest BCUT2D eigenvalue weighted by molar-refractivity contribution is 0.620. The Kier molecular flexibility index (Phi) is 4.69. The smallest absolute Gasteiger partial charge is 0.137 e. The molecule has 17 heavy (non-hydrogen) atoms. The van der Waals surface area contributed by atoms with E-state index in [1.807, 2.05) is 6.07 Å². The number of alkyl halides is 1. The molecule has 1 aromatic carbocycles. The van der Waals surface area contributed by atoms with Gasteiger partial charge in [0.2, 0.25) is 0 Å². The summed E-state index contributed by atoms with van der Waals surface area (Å²) in [5.74, 6) is -0.265. The van der Waals surface area contributed by atoms with Crippen LogP contribution in [0.15, 0.2) is 33.2 Å². The average molecular weight is 463 g/mol. The second-order valence-electron chi connectivity index (χ2n) is 3.31. The number of rotatable bonds is 2. The molecule has 0 spiro atoms. The molecule has 0 aliphatic rings. The van der Waals surface area contributed by atoms with Gasteiger partial charge in [0.15, 0.2) is 0 Å². The van der Waals surface area contributed by atoms with Crippen LogP contribution in [0.4, 0.5) is 4.39 Å². The van der Waals surface area contributed by atoms with E-state index in [1.54, 1.807) is 12.1 Å². The molecule has 2 aromatic rings. The van der Waals surface area contributed by atoms with Crippen LogP contribution in [-0.4, -0.2) is 0 Å². The van der Waals surface area contributed by atoms with Crippen LogP contribution >= 0.6 is 70.7 Å². The molecule has 0 saturated carbocycles. The molecule has 90 valence electrons. The van der Waals surface area contributed by atoms with Gasteiger partial charge in [-0.3, -0.25) is 0 Å². The summed E-state index contributed by atoms with van der Waals surface area (Å²) in [6, 6.07) is 6.92. The van der Waals surface area contributed by atoms with Crippen molar-refractivity contribution in [3.63, 3.8) is 0 Å². The van der Waals surface area contributed by atoms with E-state index < -0.39 is 0 Å². The first-order valence-corrected chi connectivity index (χ1v) is 8.22. The summed E-state index contributed by atoms with van der Waals surface area (Å²) in [5.41, 5.74) is 0.976. The molecule has 1 aromatic heterocycles. The van der Waals surface area contributed by atoms with Gasteiger partial charge in [-0.15, -0.1) is 11.3 Å². The van der Waals surface area contributed by atoms with E-state index >= 15 is 0 Å². The fourth-order valence-corrected chi connectivity index (χ4v) is 4.16. The highest BCUT2D eigenvalue weighted by atomic mass is 79.9. The van der Waals surface area contributed by atoms with Crippen LogP contribution in [-0.2, 0) is 0 Å². The molecular formula is C11H5Br3ClFS. The molecule has 0 aliphatic carbocycles. The van der Waals surface area contributed by atoms with Crippen molar-refractivity contribution >= 4 is 70.7 Å². The first-order valence-electron chi connectivity index (χ1n) is 4.53. The fraction of sp³-hybridized carbons (Fsp3) is 0.0909. The Hall–Kier alpha value is 0.580. The van der Waals surface area contributed by atoms with Crippen LogP contribution < -0.4 is 0 Å². The highest BCUT2D eigenvalue weighted by Crippen LogP contribution is 2.41. The maximum atomic E-state index is 13.1. The van der Waals surface area contributed by atoms with Crippen molar-refractivity contribution in [2.75, 3.05) is 0 Å². The summed E-state index contributed by atoms with van der Waals surface area (Å²) in [5, 5.41) is 0. The maximum Gasteiger partial charge on any atom is 0.137 e. The van der Waals surface area contributed by atoms with E-state index in [1.165, 1.54) is 17.4 Å². The van der Waals surface area contributed by atoms with Gasteiger partial charge in [-0.1, -0.05) is 33.6 Å². The van der Waals surface area contributed by atoms with E-state index in [0.717, 1.165) is 14.9 Å². The molecule has 0 radical (unpaired) electrons. The zero-order chi connectivity index (χ0) is 12.6. The third-order valence-corrected chi connectivity index (χ3v) is 6.62. The standard InChI is InChI=1S/C11H5Br3ClFS/c12-6-3-5(1-2-8(6)16)10(14)9-4-7(13)11(15)17-9/h1-4,10H. The van der Waals surface area contributed by atoms with E-state index in [0.29, 0.717) is 8.81 Å². The highest BCUT2D eigenvalue weighted by molar-refractivity contribution is 9.11. The first-order chi connectivity index (χ1) is 7.99. The van der Waals surface area contributed by atoms with Gasteiger partial charge in [-0.05, 0) is 55.6 Å². The minimum absolute atomic E-state index is 0.00759. The van der Waals surface area contributed by atoms with Gasteiger partial charge in [0.1, 0.15) is 10.2 Å². The number of halogens is 5. The predicted octanol–water partition coefficient (Wildman–Crippen LogP) is 6.55. The lowest BCUT2D eigenvalue weighted by atomic mass is 10.1. The van der Waals surface area contributed by atoms with E-state index in [9.17, 15) is 4.39 Å². The predicted molar refractivity (Wildman–Crippen MR) is 81.9 cm³/mol. The third-order valence-electron chi connectivity index (χ3n) is 2.15. The normalized spacial score (nSPS) is 12.8. The van der Waals surface area contributed by atoms with Gasteiger partial charge in [0, 0.05) is 9.35 Å². The van der Waals surface area contributed by atoms with E-state index in [2.05, 4.69) is 47.8 Å². The molecule has 2 rings (SSSR count). The summed E-state index contributed by atoms with van der Waals surface area (Å²) in [6.07, 6.45) is 0. The van der Waals surface area contributed by atoms with Gasteiger partial charge < -0.3 is 0 Å². The molecule has 1 atom stereocenters. The highest BCUT2D eigenvalue weighted by Gasteiger charge is 2.16. The minimum Gasteiger partial charge on any atom is -0.206 e. The number of hydrogen-bond donors (Lipinski definition) is 0. The molecule has 0 N–H and O–H groups in total. The summed E-state index contributed by atoms with van der Waals surface area (Å²) >= 11 is 17.6. The van der Waals surface area contributed by atoms with Crippen LogP contribution in [0, 0.1) is 5.82 Å². The monoisotopic (exact) mass is 460 g/mol. The van der Waals surface area contributed by atoms with Crippen molar-refractivity contribution in [3.8, 4) is 0 Å². The Morgan fingerprint density at radius 1 is 1.18 bits per heavy atom. The van der Waals surface area contributed by atoms with Crippen molar-refractivity contribution in [1.82, 2.24) is 0 Å². The summed E-state index contributed by atoms with van der Waals surface area (Å²) in [7, 11) is 0. The molecule has 0 saturated heterocycles. The van der Waals surface area contributed by atoms with Crippen molar-refractivity contribution in [1.29, 1.82) is 0 Å². The average Bonchev–Trinajstić information content (AvgIpc) is 2.62. The topological polar surface area (TPSA) is 0 Å². The van der Waals surface area contributed by atoms with Crippen molar-refractivity contribution in [2.45, 2.75) is 4.83 Å². The summed E-state index contributed by atoms with van der Waals surface area (Å²) in [6.45, 7) is 0. The molecule has 0 bridgehead atoms. The van der Waals surface area contributed by atoms with Gasteiger partial charge in [0.05, 0.1) is 9.30 Å². The van der Waals surface area contributed by atoms with Crippen molar-refractivity contribution in [2.24, 2.45) is 0 Å². The van der Waals surface area contributed by atoms with Gasteiger partial charge in [0.25, 0.3) is 0 Å². The molecule has 0 amide bonds. The zero-order valence-electron chi connectivity index (χ0n) is 8.18. The largest absolute Gasteiger partial charge is 0.206 e. The quantitative estimate of drug-likeness (QED) is 0.443. The fourth-order valence-electron chi connectivity index (χ4n) is 1.32. The Morgan fingerprint density at radius 2 is 1.88 bits per heavy atom.